The average molecular weight is 413 g/mol. The van der Waals surface area contributed by atoms with Gasteiger partial charge >= 0.3 is 0 Å². The molecule has 4 rings (SSSR count). The largest absolute Gasteiger partial charge is 0.347 e. The van der Waals surface area contributed by atoms with Crippen molar-refractivity contribution in [1.29, 1.82) is 0 Å². The zero-order valence-corrected chi connectivity index (χ0v) is 17.9. The Bertz CT molecular complexity index is 811. The molecule has 3 N–H and O–H groups in total. The van der Waals surface area contributed by atoms with Crippen LogP contribution < -0.4 is 11.1 Å². The number of carbonyl (C=O) groups is 2. The first kappa shape index (κ1) is 20.8. The Morgan fingerprint density at radius 3 is 2.37 bits per heavy atom. The summed E-state index contributed by atoms with van der Waals surface area (Å²) < 4.78 is 0. The lowest BCUT2D eigenvalue weighted by Gasteiger charge is -2.33. The van der Waals surface area contributed by atoms with Crippen LogP contribution in [0.2, 0.25) is 0 Å². The van der Waals surface area contributed by atoms with E-state index in [0.717, 1.165) is 25.7 Å². The quantitative estimate of drug-likeness (QED) is 0.749. The van der Waals surface area contributed by atoms with Crippen LogP contribution in [0.15, 0.2) is 34.6 Å². The van der Waals surface area contributed by atoms with Crippen LogP contribution in [0.1, 0.15) is 65.7 Å². The maximum atomic E-state index is 13.0. The molecule has 1 aromatic carbocycles. The highest BCUT2D eigenvalue weighted by Crippen LogP contribution is 2.39. The molecule has 0 radical (unpaired) electrons. The summed E-state index contributed by atoms with van der Waals surface area (Å²) in [5, 5.41) is 14.0. The molecule has 0 bridgehead atoms. The molecule has 0 spiro atoms. The van der Waals surface area contributed by atoms with Crippen LogP contribution in [0.3, 0.4) is 0 Å². The summed E-state index contributed by atoms with van der Waals surface area (Å²) in [6.45, 7) is 0.661. The Labute approximate surface area is 177 Å². The van der Waals surface area contributed by atoms with Crippen molar-refractivity contribution in [2.45, 2.75) is 62.7 Å². The molecule has 2 atom stereocenters. The van der Waals surface area contributed by atoms with Crippen molar-refractivity contribution in [3.8, 4) is 0 Å². The summed E-state index contributed by atoms with van der Waals surface area (Å²) in [4.78, 5) is 26.7. The van der Waals surface area contributed by atoms with E-state index in [0.29, 0.717) is 23.6 Å². The summed E-state index contributed by atoms with van der Waals surface area (Å²) in [6, 6.07) is 6.70. The van der Waals surface area contributed by atoms with Gasteiger partial charge in [-0.15, -0.1) is 0 Å². The highest BCUT2D eigenvalue weighted by Gasteiger charge is 2.48. The minimum Gasteiger partial charge on any atom is -0.347 e. The Morgan fingerprint density at radius 1 is 1.13 bits per heavy atom. The zero-order valence-electron chi connectivity index (χ0n) is 17.9. The first-order valence-electron chi connectivity index (χ1n) is 11.0. The molecule has 1 aliphatic heterocycles. The molecule has 0 aromatic heterocycles. The molecule has 2 amide bonds. The predicted octanol–water partition coefficient (Wildman–Crippen LogP) is 2.57. The van der Waals surface area contributed by atoms with Gasteiger partial charge in [-0.25, -0.2) is 0 Å². The van der Waals surface area contributed by atoms with Crippen molar-refractivity contribution in [3.05, 3.63) is 35.4 Å². The fraction of sp³-hybridized carbons (Fsp3) is 0.636. The van der Waals surface area contributed by atoms with Gasteiger partial charge < -0.3 is 16.0 Å². The smallest absolute Gasteiger partial charge is 0.253 e. The summed E-state index contributed by atoms with van der Waals surface area (Å²) in [5.41, 5.74) is 7.08. The maximum absolute atomic E-state index is 13.0. The van der Waals surface area contributed by atoms with Gasteiger partial charge in [-0.2, -0.15) is 5.11 Å². The molecule has 0 saturated heterocycles. The number of nitrogens with zero attached hydrogens (tertiary/aromatic N) is 4. The SMILES string of the molecule is CN(C)C(=O)c1ccc(C(=O)N[C@@H](C2CCCCC2)C2CN(C3(N)CC3)N=N2)cc1. The van der Waals surface area contributed by atoms with Crippen LogP contribution in [0.25, 0.3) is 0 Å². The molecule has 1 heterocycles. The van der Waals surface area contributed by atoms with Crippen molar-refractivity contribution < 1.29 is 9.59 Å². The highest BCUT2D eigenvalue weighted by molar-refractivity contribution is 5.97. The third kappa shape index (κ3) is 4.33. The Hall–Kier alpha value is -2.48. The summed E-state index contributed by atoms with van der Waals surface area (Å²) in [5.74, 6) is 0.190. The Morgan fingerprint density at radius 2 is 1.77 bits per heavy atom. The lowest BCUT2D eigenvalue weighted by Crippen LogP contribution is -2.51. The molecule has 162 valence electrons. The van der Waals surface area contributed by atoms with Crippen molar-refractivity contribution >= 4 is 11.8 Å². The van der Waals surface area contributed by atoms with Gasteiger partial charge in [0, 0.05) is 25.2 Å². The third-order valence-electron chi connectivity index (χ3n) is 6.61. The standard InChI is InChI=1S/C22H32N6O2/c1-27(2)21(30)17-10-8-16(9-11-17)20(29)24-19(15-6-4-3-5-7-15)18-14-28(26-25-18)22(23)12-13-22/h8-11,15,18-19H,3-7,12-14,23H2,1-2H3,(H,24,29)/t18?,19-/m0/s1. The van der Waals surface area contributed by atoms with E-state index in [1.54, 1.807) is 38.4 Å². The number of rotatable bonds is 6. The second-order valence-corrected chi connectivity index (χ2v) is 9.13. The predicted molar refractivity (Wildman–Crippen MR) is 114 cm³/mol. The minimum atomic E-state index is -0.339. The van der Waals surface area contributed by atoms with Crippen LogP contribution in [-0.4, -0.2) is 60.1 Å². The number of carbonyl (C=O) groups excluding carboxylic acids is 2. The summed E-state index contributed by atoms with van der Waals surface area (Å²) in [7, 11) is 3.43. The van der Waals surface area contributed by atoms with Crippen LogP contribution in [0.4, 0.5) is 0 Å². The highest BCUT2D eigenvalue weighted by atomic mass is 16.2. The fourth-order valence-electron chi connectivity index (χ4n) is 4.50. The summed E-state index contributed by atoms with van der Waals surface area (Å²) >= 11 is 0. The monoisotopic (exact) mass is 412 g/mol. The van der Waals surface area contributed by atoms with Gasteiger partial charge in [0.2, 0.25) is 0 Å². The number of nitrogens with one attached hydrogen (secondary N) is 1. The van der Waals surface area contributed by atoms with Crippen molar-refractivity contribution in [1.82, 2.24) is 15.2 Å². The molecule has 2 saturated carbocycles. The number of hydrogen-bond acceptors (Lipinski definition) is 6. The van der Waals surface area contributed by atoms with E-state index >= 15 is 0 Å². The first-order valence-corrected chi connectivity index (χ1v) is 11.0. The minimum absolute atomic E-state index is 0.0583. The van der Waals surface area contributed by atoms with Crippen molar-refractivity contribution in [3.63, 3.8) is 0 Å². The Kier molecular flexibility index (Phi) is 5.77. The number of hydrogen-bond donors (Lipinski definition) is 2. The normalized spacial score (nSPS) is 23.8. The van der Waals surface area contributed by atoms with Gasteiger partial charge in [-0.3, -0.25) is 14.6 Å². The fourth-order valence-corrected chi connectivity index (χ4v) is 4.50. The van der Waals surface area contributed by atoms with Gasteiger partial charge in [0.15, 0.2) is 0 Å². The molecular formula is C22H32N6O2. The number of benzene rings is 1. The van der Waals surface area contributed by atoms with Gasteiger partial charge in [-0.1, -0.05) is 24.5 Å². The molecule has 3 aliphatic rings. The molecule has 2 aliphatic carbocycles. The van der Waals surface area contributed by atoms with Crippen LogP contribution in [0.5, 0.6) is 0 Å². The molecule has 30 heavy (non-hydrogen) atoms. The van der Waals surface area contributed by atoms with E-state index in [9.17, 15) is 9.59 Å². The zero-order chi connectivity index (χ0) is 21.3. The van der Waals surface area contributed by atoms with Gasteiger partial charge in [-0.05, 0) is 55.9 Å². The third-order valence-corrected chi connectivity index (χ3v) is 6.61. The van der Waals surface area contributed by atoms with E-state index in [2.05, 4.69) is 15.7 Å². The maximum Gasteiger partial charge on any atom is 0.253 e. The van der Waals surface area contributed by atoms with Gasteiger partial charge in [0.1, 0.15) is 11.7 Å². The Balaban J connectivity index is 1.46. The second kappa shape index (κ2) is 8.34. The second-order valence-electron chi connectivity index (χ2n) is 9.13. The van der Waals surface area contributed by atoms with Gasteiger partial charge in [0.25, 0.3) is 11.8 Å². The summed E-state index contributed by atoms with van der Waals surface area (Å²) in [6.07, 6.45) is 7.71. The molecule has 2 fully saturated rings. The number of amides is 2. The van der Waals surface area contributed by atoms with Crippen LogP contribution >= 0.6 is 0 Å². The molecule has 8 heteroatoms. The van der Waals surface area contributed by atoms with E-state index in [1.807, 2.05) is 5.01 Å². The lowest BCUT2D eigenvalue weighted by molar-refractivity contribution is 0.0825. The first-order chi connectivity index (χ1) is 14.4. The van der Waals surface area contributed by atoms with E-state index < -0.39 is 0 Å². The van der Waals surface area contributed by atoms with Crippen molar-refractivity contribution in [2.24, 2.45) is 22.0 Å². The molecular weight excluding hydrogens is 380 g/mol. The molecule has 1 unspecified atom stereocenters. The van der Waals surface area contributed by atoms with Crippen LogP contribution in [0, 0.1) is 5.92 Å². The van der Waals surface area contributed by atoms with E-state index in [4.69, 9.17) is 5.73 Å². The average Bonchev–Trinajstić information content (AvgIpc) is 3.32. The van der Waals surface area contributed by atoms with Gasteiger partial charge in [0.05, 0.1) is 12.6 Å². The molecule has 8 nitrogen and oxygen atoms in total. The topological polar surface area (TPSA) is 103 Å². The van der Waals surface area contributed by atoms with E-state index in [-0.39, 0.29) is 29.6 Å². The lowest BCUT2D eigenvalue weighted by atomic mass is 9.81. The molecule has 1 aromatic rings. The van der Waals surface area contributed by atoms with Crippen LogP contribution in [-0.2, 0) is 0 Å². The van der Waals surface area contributed by atoms with Crippen molar-refractivity contribution in [2.75, 3.05) is 20.6 Å². The number of nitrogens with two attached hydrogens (primary N) is 1. The van der Waals surface area contributed by atoms with E-state index in [1.165, 1.54) is 24.2 Å².